The molecule has 184 valence electrons. The molecule has 8 rings (SSSR count). The normalized spacial score (nSPS) is 26.3. The minimum atomic E-state index is 0.113. The van der Waals surface area contributed by atoms with Crippen LogP contribution in [0.25, 0.3) is 33.7 Å². The number of hydrogen-bond donors (Lipinski definition) is 0. The van der Waals surface area contributed by atoms with Crippen LogP contribution in [0.3, 0.4) is 0 Å². The maximum Gasteiger partial charge on any atom is 0.255 e. The van der Waals surface area contributed by atoms with Crippen molar-refractivity contribution in [3.63, 3.8) is 0 Å². The third-order valence-electron chi connectivity index (χ3n) is 9.15. The van der Waals surface area contributed by atoms with E-state index >= 15 is 0 Å². The van der Waals surface area contributed by atoms with Gasteiger partial charge in [-0.05, 0) is 73.6 Å². The Kier molecular flexibility index (Phi) is 4.42. The Bertz CT molecular complexity index is 1520. The second kappa shape index (κ2) is 7.62. The number of amides is 1. The van der Waals surface area contributed by atoms with E-state index in [-0.39, 0.29) is 5.91 Å². The molecule has 4 aromatic rings. The predicted octanol–water partition coefficient (Wildman–Crippen LogP) is 3.98. The molecule has 1 amide bonds. The Balaban J connectivity index is 1.22. The Labute approximate surface area is 209 Å². The fraction of sp³-hybridized carbons (Fsp3) is 0.500. The lowest BCUT2D eigenvalue weighted by molar-refractivity contribution is -0.0204. The van der Waals surface area contributed by atoms with E-state index in [0.717, 1.165) is 64.6 Å². The van der Waals surface area contributed by atoms with E-state index in [4.69, 9.17) is 19.7 Å². The molecule has 8 nitrogen and oxygen atoms in total. The third-order valence-corrected chi connectivity index (χ3v) is 9.15. The van der Waals surface area contributed by atoms with E-state index < -0.39 is 0 Å². The van der Waals surface area contributed by atoms with Gasteiger partial charge in [0, 0.05) is 50.6 Å². The van der Waals surface area contributed by atoms with Gasteiger partial charge in [0.1, 0.15) is 11.2 Å². The van der Waals surface area contributed by atoms with Gasteiger partial charge in [-0.25, -0.2) is 15.0 Å². The lowest BCUT2D eigenvalue weighted by atomic mass is 9.53. The Hall–Kier alpha value is -3.26. The molecule has 0 spiro atoms. The summed E-state index contributed by atoms with van der Waals surface area (Å²) in [4.78, 5) is 30.2. The molecule has 3 saturated carbocycles. The van der Waals surface area contributed by atoms with Crippen LogP contribution < -0.4 is 0 Å². The topological polar surface area (TPSA) is 78.1 Å². The van der Waals surface area contributed by atoms with Gasteiger partial charge in [-0.1, -0.05) is 0 Å². The highest BCUT2D eigenvalue weighted by atomic mass is 16.5. The van der Waals surface area contributed by atoms with Crippen LogP contribution in [0.1, 0.15) is 36.0 Å². The average molecular weight is 483 g/mol. The van der Waals surface area contributed by atoms with E-state index in [9.17, 15) is 4.79 Å². The number of imidazole rings is 1. The maximum atomic E-state index is 13.5. The number of carbonyl (C=O) groups is 1. The second-order valence-electron chi connectivity index (χ2n) is 11.2. The monoisotopic (exact) mass is 482 g/mol. The number of fused-ring (bicyclic) bond motifs is 2. The summed E-state index contributed by atoms with van der Waals surface area (Å²) >= 11 is 0. The lowest BCUT2D eigenvalue weighted by Gasteiger charge is -2.52. The largest absolute Gasteiger partial charge is 0.383 e. The summed E-state index contributed by atoms with van der Waals surface area (Å²) in [6.07, 6.45) is 8.62. The summed E-state index contributed by atoms with van der Waals surface area (Å²) in [5.41, 5.74) is 4.25. The first kappa shape index (κ1) is 20.9. The molecular weight excluding hydrogens is 452 g/mol. The zero-order valence-corrected chi connectivity index (χ0v) is 20.5. The van der Waals surface area contributed by atoms with Crippen molar-refractivity contribution in [2.75, 3.05) is 20.3 Å². The van der Waals surface area contributed by atoms with Crippen molar-refractivity contribution in [1.82, 2.24) is 29.0 Å². The van der Waals surface area contributed by atoms with Crippen molar-refractivity contribution in [2.45, 2.75) is 44.8 Å². The molecule has 4 atom stereocenters. The Morgan fingerprint density at radius 1 is 1.11 bits per heavy atom. The van der Waals surface area contributed by atoms with Gasteiger partial charge in [-0.15, -0.1) is 0 Å². The Morgan fingerprint density at radius 2 is 2.03 bits per heavy atom. The molecule has 3 aliphatic carbocycles. The van der Waals surface area contributed by atoms with Crippen molar-refractivity contribution in [2.24, 2.45) is 23.7 Å². The summed E-state index contributed by atoms with van der Waals surface area (Å²) in [6.45, 7) is 3.05. The standard InChI is InChI=1S/C28H30N6O2/c1-36-8-7-32-26-21(10-19(13-30-26)28(35)34-15-20-9-18-12-22(34)24(18)20)31-27(32)23-11-17-3-2-6-29-25(17)33(23)14-16-4-5-16/h2-3,6,10-11,13,16,18,20,22,24H,4-5,7-9,12,14-15H2,1H3/t18?,20-,22-,24-/m1/s1. The predicted molar refractivity (Wildman–Crippen MR) is 135 cm³/mol. The summed E-state index contributed by atoms with van der Waals surface area (Å²) in [5, 5.41) is 1.12. The molecule has 1 saturated heterocycles. The average Bonchev–Trinajstić information content (AvgIpc) is 3.53. The van der Waals surface area contributed by atoms with Crippen LogP contribution in [-0.2, 0) is 17.8 Å². The van der Waals surface area contributed by atoms with E-state index in [1.165, 1.54) is 25.7 Å². The van der Waals surface area contributed by atoms with E-state index in [1.54, 1.807) is 13.3 Å². The SMILES string of the molecule is COCCn1c(-c2cc3cccnc3n2CC2CC2)nc2cc(C(=O)N3C[C@H]4CC5C[C@@H]3[C@H]54)cnc21. The molecule has 0 radical (unpaired) electrons. The van der Waals surface area contributed by atoms with Crippen LogP contribution in [0.15, 0.2) is 36.7 Å². The number of likely N-dealkylation sites (tertiary alicyclic amines) is 1. The summed E-state index contributed by atoms with van der Waals surface area (Å²) in [7, 11) is 1.71. The van der Waals surface area contributed by atoms with Crippen LogP contribution >= 0.6 is 0 Å². The molecule has 0 N–H and O–H groups in total. The number of carbonyl (C=O) groups excluding carboxylic acids is 1. The Morgan fingerprint density at radius 3 is 2.83 bits per heavy atom. The summed E-state index contributed by atoms with van der Waals surface area (Å²) < 4.78 is 9.89. The van der Waals surface area contributed by atoms with Crippen molar-refractivity contribution >= 4 is 28.1 Å². The molecule has 0 bridgehead atoms. The van der Waals surface area contributed by atoms with Gasteiger partial charge in [-0.2, -0.15) is 0 Å². The minimum Gasteiger partial charge on any atom is -0.383 e. The molecule has 1 unspecified atom stereocenters. The van der Waals surface area contributed by atoms with Crippen molar-refractivity contribution in [1.29, 1.82) is 0 Å². The van der Waals surface area contributed by atoms with Crippen molar-refractivity contribution in [3.8, 4) is 11.5 Å². The first-order valence-electron chi connectivity index (χ1n) is 13.3. The molecule has 4 aromatic heterocycles. The van der Waals surface area contributed by atoms with Gasteiger partial charge >= 0.3 is 0 Å². The van der Waals surface area contributed by atoms with Gasteiger partial charge in [0.25, 0.3) is 5.91 Å². The highest BCUT2D eigenvalue weighted by molar-refractivity contribution is 5.97. The molecule has 1 aliphatic heterocycles. The highest BCUT2D eigenvalue weighted by Gasteiger charge is 2.61. The molecular formula is C28H30N6O2. The number of pyridine rings is 2. The first-order valence-corrected chi connectivity index (χ1v) is 13.3. The van der Waals surface area contributed by atoms with E-state index in [0.29, 0.717) is 30.7 Å². The van der Waals surface area contributed by atoms with Crippen LogP contribution in [0, 0.1) is 23.7 Å². The quantitative estimate of drug-likeness (QED) is 0.398. The number of hydrogen-bond acceptors (Lipinski definition) is 5. The molecule has 8 heteroatoms. The van der Waals surface area contributed by atoms with Crippen molar-refractivity contribution in [3.05, 3.63) is 42.2 Å². The smallest absolute Gasteiger partial charge is 0.255 e. The minimum absolute atomic E-state index is 0.113. The maximum absolute atomic E-state index is 13.5. The highest BCUT2D eigenvalue weighted by Crippen LogP contribution is 2.60. The first-order chi connectivity index (χ1) is 17.7. The summed E-state index contributed by atoms with van der Waals surface area (Å²) in [6, 6.07) is 8.67. The van der Waals surface area contributed by atoms with Crippen LogP contribution in [-0.4, -0.2) is 61.2 Å². The molecule has 5 heterocycles. The number of aromatic nitrogens is 5. The molecule has 36 heavy (non-hydrogen) atoms. The van der Waals surface area contributed by atoms with E-state index in [1.807, 2.05) is 18.3 Å². The van der Waals surface area contributed by atoms with Crippen molar-refractivity contribution < 1.29 is 9.53 Å². The van der Waals surface area contributed by atoms with Gasteiger partial charge < -0.3 is 18.8 Å². The fourth-order valence-corrected chi connectivity index (χ4v) is 7.10. The number of nitrogens with zero attached hydrogens (tertiary/aromatic N) is 6. The fourth-order valence-electron chi connectivity index (χ4n) is 7.10. The zero-order chi connectivity index (χ0) is 24.0. The molecule has 4 aliphatic rings. The second-order valence-corrected chi connectivity index (χ2v) is 11.2. The van der Waals surface area contributed by atoms with Crippen LogP contribution in [0.2, 0.25) is 0 Å². The number of ether oxygens (including phenoxy) is 1. The van der Waals surface area contributed by atoms with Crippen LogP contribution in [0.5, 0.6) is 0 Å². The van der Waals surface area contributed by atoms with Gasteiger partial charge in [0.15, 0.2) is 11.5 Å². The van der Waals surface area contributed by atoms with E-state index in [2.05, 4.69) is 26.2 Å². The number of methoxy groups -OCH3 is 1. The lowest BCUT2D eigenvalue weighted by Crippen LogP contribution is -2.53. The van der Waals surface area contributed by atoms with Gasteiger partial charge in [0.2, 0.25) is 0 Å². The molecule has 0 aromatic carbocycles. The third kappa shape index (κ3) is 2.97. The van der Waals surface area contributed by atoms with Gasteiger partial charge in [0.05, 0.1) is 17.9 Å². The zero-order valence-electron chi connectivity index (χ0n) is 20.5. The number of rotatable bonds is 7. The van der Waals surface area contributed by atoms with Crippen LogP contribution in [0.4, 0.5) is 0 Å². The van der Waals surface area contributed by atoms with Gasteiger partial charge in [-0.3, -0.25) is 4.79 Å². The molecule has 4 fully saturated rings. The summed E-state index contributed by atoms with van der Waals surface area (Å²) in [5.74, 6) is 4.02.